The van der Waals surface area contributed by atoms with Gasteiger partial charge in [0.2, 0.25) is 0 Å². The molecule has 76 valence electrons. The van der Waals surface area contributed by atoms with Crippen LogP contribution in [-0.2, 0) is 9.53 Å². The summed E-state index contributed by atoms with van der Waals surface area (Å²) in [6.07, 6.45) is 3.51. The Morgan fingerprint density at radius 2 is 2.15 bits per heavy atom. The number of ether oxygens (including phenoxy) is 1. The van der Waals surface area contributed by atoms with Gasteiger partial charge in [0.15, 0.2) is 0 Å². The number of hydrogen-bond acceptors (Lipinski definition) is 2. The molecule has 0 aromatic heterocycles. The summed E-state index contributed by atoms with van der Waals surface area (Å²) in [6.45, 7) is 7.70. The molecule has 0 aromatic carbocycles. The predicted octanol–water partition coefficient (Wildman–Crippen LogP) is 2.25. The molecule has 1 aliphatic rings. The minimum atomic E-state index is -1.05. The lowest BCUT2D eigenvalue weighted by Gasteiger charge is -2.17. The van der Waals surface area contributed by atoms with Crippen LogP contribution in [0.1, 0.15) is 19.3 Å². The lowest BCUT2D eigenvalue weighted by atomic mass is 10.1. The summed E-state index contributed by atoms with van der Waals surface area (Å²) in [4.78, 5) is 11.0. The van der Waals surface area contributed by atoms with Gasteiger partial charge in [0.1, 0.15) is 5.78 Å². The lowest BCUT2D eigenvalue weighted by Crippen LogP contribution is -2.29. The molecule has 0 bridgehead atoms. The van der Waals surface area contributed by atoms with Crippen LogP contribution >= 0.6 is 0 Å². The average molecular weight is 200 g/mol. The number of Topliss-reactive ketones (excluding diaryl/α,β-unsaturated/α-hetero) is 1. The van der Waals surface area contributed by atoms with E-state index in [0.29, 0.717) is 11.7 Å². The number of rotatable bonds is 4. The Morgan fingerprint density at radius 3 is 2.62 bits per heavy atom. The minimum Gasteiger partial charge on any atom is -0.384 e. The minimum absolute atomic E-state index is 0.418. The van der Waals surface area contributed by atoms with Crippen molar-refractivity contribution >= 4 is 13.9 Å². The first-order chi connectivity index (χ1) is 5.97. The van der Waals surface area contributed by atoms with Crippen molar-refractivity contribution < 1.29 is 9.53 Å². The Kier molecular flexibility index (Phi) is 3.68. The number of ketones is 1. The van der Waals surface area contributed by atoms with Crippen LogP contribution in [0.15, 0.2) is 0 Å². The van der Waals surface area contributed by atoms with Gasteiger partial charge in [-0.15, -0.1) is 0 Å². The maximum absolute atomic E-state index is 11.0. The second kappa shape index (κ2) is 4.38. The number of hydrogen-bond donors (Lipinski definition) is 0. The van der Waals surface area contributed by atoms with Crippen molar-refractivity contribution in [2.75, 3.05) is 12.8 Å². The topological polar surface area (TPSA) is 26.3 Å². The third-order valence-electron chi connectivity index (χ3n) is 2.24. The zero-order chi connectivity index (χ0) is 9.90. The molecule has 0 saturated heterocycles. The summed E-state index contributed by atoms with van der Waals surface area (Å²) in [5, 5.41) is 0. The van der Waals surface area contributed by atoms with Gasteiger partial charge < -0.3 is 4.74 Å². The van der Waals surface area contributed by atoms with Gasteiger partial charge >= 0.3 is 0 Å². The third kappa shape index (κ3) is 4.57. The van der Waals surface area contributed by atoms with Crippen molar-refractivity contribution in [1.29, 1.82) is 0 Å². The molecule has 0 N–H and O–H groups in total. The van der Waals surface area contributed by atoms with Crippen molar-refractivity contribution in [1.82, 2.24) is 0 Å². The highest BCUT2D eigenvalue weighted by Crippen LogP contribution is 2.22. The van der Waals surface area contributed by atoms with E-state index in [4.69, 9.17) is 4.74 Å². The molecule has 0 aromatic rings. The monoisotopic (exact) mass is 200 g/mol. The number of carbonyl (C=O) groups excluding carboxylic acids is 1. The molecule has 1 saturated carbocycles. The maximum Gasteiger partial charge on any atom is 0.133 e. The van der Waals surface area contributed by atoms with Crippen LogP contribution in [-0.4, -0.2) is 26.7 Å². The molecule has 0 amide bonds. The largest absolute Gasteiger partial charge is 0.384 e. The molecule has 1 aliphatic carbocycles. The van der Waals surface area contributed by atoms with Crippen LogP contribution in [0.25, 0.3) is 0 Å². The fraction of sp³-hybridized carbons (Fsp3) is 0.900. The van der Waals surface area contributed by atoms with Crippen LogP contribution < -0.4 is 0 Å². The molecule has 0 radical (unpaired) electrons. The van der Waals surface area contributed by atoms with Crippen molar-refractivity contribution in [3.05, 3.63) is 0 Å². The highest BCUT2D eigenvalue weighted by atomic mass is 28.3. The van der Waals surface area contributed by atoms with Crippen molar-refractivity contribution in [3.63, 3.8) is 0 Å². The van der Waals surface area contributed by atoms with E-state index in [0.717, 1.165) is 32.1 Å². The van der Waals surface area contributed by atoms with E-state index in [1.165, 1.54) is 0 Å². The standard InChI is InChI=1S/C10H20O2Si/c1-13(2,3)8-12-7-9-4-5-10(11)6-9/h9H,4-8H2,1-3H3. The Hall–Kier alpha value is -0.153. The molecule has 0 heterocycles. The summed E-state index contributed by atoms with van der Waals surface area (Å²) in [5.74, 6) is 0.936. The molecule has 3 heteroatoms. The first kappa shape index (κ1) is 10.9. The van der Waals surface area contributed by atoms with Crippen LogP contribution in [0, 0.1) is 5.92 Å². The molecule has 1 atom stereocenters. The summed E-state index contributed by atoms with van der Waals surface area (Å²) in [6, 6.07) is 0. The molecular weight excluding hydrogens is 180 g/mol. The summed E-state index contributed by atoms with van der Waals surface area (Å²) < 4.78 is 5.64. The first-order valence-corrected chi connectivity index (χ1v) is 8.77. The predicted molar refractivity (Wildman–Crippen MR) is 56.5 cm³/mol. The Bertz CT molecular complexity index is 184. The van der Waals surface area contributed by atoms with E-state index < -0.39 is 8.07 Å². The van der Waals surface area contributed by atoms with Gasteiger partial charge in [-0.05, 0) is 12.3 Å². The third-order valence-corrected chi connectivity index (χ3v) is 3.31. The smallest absolute Gasteiger partial charge is 0.133 e. The molecule has 13 heavy (non-hydrogen) atoms. The highest BCUT2D eigenvalue weighted by molar-refractivity contribution is 6.76. The fourth-order valence-corrected chi connectivity index (χ4v) is 2.30. The van der Waals surface area contributed by atoms with E-state index in [9.17, 15) is 4.79 Å². The summed E-state index contributed by atoms with van der Waals surface area (Å²) in [5.41, 5.74) is 0. The van der Waals surface area contributed by atoms with Gasteiger partial charge in [0.25, 0.3) is 0 Å². The van der Waals surface area contributed by atoms with Crippen LogP contribution in [0.3, 0.4) is 0 Å². The van der Waals surface area contributed by atoms with Crippen LogP contribution in [0.5, 0.6) is 0 Å². The van der Waals surface area contributed by atoms with Gasteiger partial charge in [-0.25, -0.2) is 0 Å². The lowest BCUT2D eigenvalue weighted by molar-refractivity contribution is -0.117. The van der Waals surface area contributed by atoms with Crippen molar-refractivity contribution in [3.8, 4) is 0 Å². The van der Waals surface area contributed by atoms with Gasteiger partial charge in [-0.3, -0.25) is 4.79 Å². The van der Waals surface area contributed by atoms with Crippen LogP contribution in [0.4, 0.5) is 0 Å². The van der Waals surface area contributed by atoms with Crippen molar-refractivity contribution in [2.24, 2.45) is 5.92 Å². The fourth-order valence-electron chi connectivity index (χ4n) is 1.57. The SMILES string of the molecule is C[Si](C)(C)COCC1CCC(=O)C1. The second-order valence-electron chi connectivity index (χ2n) is 5.22. The van der Waals surface area contributed by atoms with Gasteiger partial charge in [0, 0.05) is 25.7 Å². The van der Waals surface area contributed by atoms with E-state index in [2.05, 4.69) is 19.6 Å². The molecule has 1 rings (SSSR count). The summed E-state index contributed by atoms with van der Waals surface area (Å²) in [7, 11) is -1.05. The molecule has 0 aliphatic heterocycles. The van der Waals surface area contributed by atoms with E-state index in [1.54, 1.807) is 0 Å². The van der Waals surface area contributed by atoms with Crippen LogP contribution in [0.2, 0.25) is 19.6 Å². The maximum atomic E-state index is 11.0. The van der Waals surface area contributed by atoms with E-state index in [-0.39, 0.29) is 0 Å². The zero-order valence-corrected chi connectivity index (χ0v) is 9.93. The zero-order valence-electron chi connectivity index (χ0n) is 8.93. The normalized spacial score (nSPS) is 23.9. The van der Waals surface area contributed by atoms with Gasteiger partial charge in [-0.1, -0.05) is 19.6 Å². The average Bonchev–Trinajstić information content (AvgIpc) is 2.33. The first-order valence-electron chi connectivity index (χ1n) is 5.07. The molecule has 1 fully saturated rings. The Morgan fingerprint density at radius 1 is 1.46 bits per heavy atom. The highest BCUT2D eigenvalue weighted by Gasteiger charge is 2.23. The van der Waals surface area contributed by atoms with Gasteiger partial charge in [0.05, 0.1) is 8.07 Å². The van der Waals surface area contributed by atoms with Crippen molar-refractivity contribution in [2.45, 2.75) is 38.9 Å². The van der Waals surface area contributed by atoms with E-state index in [1.807, 2.05) is 0 Å². The molecular formula is C10H20O2Si. The van der Waals surface area contributed by atoms with Gasteiger partial charge in [-0.2, -0.15) is 0 Å². The number of carbonyl (C=O) groups is 1. The molecule has 1 unspecified atom stereocenters. The van der Waals surface area contributed by atoms with E-state index >= 15 is 0 Å². The molecule has 2 nitrogen and oxygen atoms in total. The molecule has 0 spiro atoms. The Labute approximate surface area is 81.7 Å². The quantitative estimate of drug-likeness (QED) is 0.651. The second-order valence-corrected chi connectivity index (χ2v) is 10.6. The Balaban J connectivity index is 2.10. The summed E-state index contributed by atoms with van der Waals surface area (Å²) >= 11 is 0.